The molecule has 22 heavy (non-hydrogen) atoms. The van der Waals surface area contributed by atoms with Crippen molar-refractivity contribution in [1.82, 2.24) is 4.98 Å². The predicted molar refractivity (Wildman–Crippen MR) is 90.9 cm³/mol. The van der Waals surface area contributed by atoms with E-state index >= 15 is 0 Å². The zero-order valence-electron chi connectivity index (χ0n) is 12.1. The monoisotopic (exact) mass is 307 g/mol. The van der Waals surface area contributed by atoms with Gasteiger partial charge in [0.15, 0.2) is 0 Å². The summed E-state index contributed by atoms with van der Waals surface area (Å²) in [4.78, 5) is 3.49. The molecule has 2 nitrogen and oxygen atoms in total. The van der Waals surface area contributed by atoms with E-state index in [9.17, 15) is 0 Å². The normalized spacial score (nSPS) is 25.5. The van der Waals surface area contributed by atoms with Crippen molar-refractivity contribution in [2.24, 2.45) is 0 Å². The van der Waals surface area contributed by atoms with Crippen LogP contribution in [0.25, 0.3) is 21.8 Å². The molecule has 3 aromatic rings. The van der Waals surface area contributed by atoms with Crippen molar-refractivity contribution in [3.8, 4) is 5.75 Å². The Balaban J connectivity index is 1.93. The van der Waals surface area contributed by atoms with Gasteiger partial charge in [-0.15, -0.1) is 0 Å². The molecule has 3 heteroatoms. The van der Waals surface area contributed by atoms with Crippen LogP contribution in [0.1, 0.15) is 12.5 Å². The smallest absolute Gasteiger partial charge is 0.148 e. The second-order valence-electron chi connectivity index (χ2n) is 6.22. The number of ether oxygens (including phenoxy) is 1. The van der Waals surface area contributed by atoms with Gasteiger partial charge in [-0.05, 0) is 25.1 Å². The fourth-order valence-corrected chi connectivity index (χ4v) is 4.03. The van der Waals surface area contributed by atoms with Gasteiger partial charge in [-0.3, -0.25) is 0 Å². The van der Waals surface area contributed by atoms with Crippen molar-refractivity contribution < 1.29 is 4.74 Å². The number of H-pyrrole nitrogens is 1. The summed E-state index contributed by atoms with van der Waals surface area (Å²) in [5, 5.41) is 2.96. The van der Waals surface area contributed by atoms with Crippen molar-refractivity contribution in [3.05, 3.63) is 65.2 Å². The van der Waals surface area contributed by atoms with E-state index in [0.717, 1.165) is 38.1 Å². The Morgan fingerprint density at radius 3 is 3.00 bits per heavy atom. The molecule has 0 radical (unpaired) electrons. The zero-order chi connectivity index (χ0) is 14.9. The maximum absolute atomic E-state index is 6.64. The van der Waals surface area contributed by atoms with Gasteiger partial charge in [0.2, 0.25) is 0 Å². The highest BCUT2D eigenvalue weighted by Crippen LogP contribution is 2.51. The topological polar surface area (TPSA) is 25.0 Å². The Morgan fingerprint density at radius 2 is 2.09 bits per heavy atom. The van der Waals surface area contributed by atoms with Gasteiger partial charge in [-0.2, -0.15) is 0 Å². The first kappa shape index (κ1) is 12.4. The van der Waals surface area contributed by atoms with Gasteiger partial charge in [0.1, 0.15) is 11.9 Å². The van der Waals surface area contributed by atoms with E-state index in [-0.39, 0.29) is 11.5 Å². The molecule has 2 unspecified atom stereocenters. The van der Waals surface area contributed by atoms with E-state index in [2.05, 4.69) is 48.3 Å². The molecule has 0 saturated heterocycles. The fraction of sp³-hybridized carbons (Fsp3) is 0.158. The van der Waals surface area contributed by atoms with Crippen molar-refractivity contribution in [2.75, 3.05) is 0 Å². The summed E-state index contributed by atoms with van der Waals surface area (Å²) in [6.07, 6.45) is 8.47. The summed E-state index contributed by atoms with van der Waals surface area (Å²) in [5.41, 5.74) is 3.09. The molecule has 108 valence electrons. The highest BCUT2D eigenvalue weighted by Gasteiger charge is 2.44. The summed E-state index contributed by atoms with van der Waals surface area (Å²) in [6, 6.07) is 10.3. The van der Waals surface area contributed by atoms with E-state index in [1.54, 1.807) is 0 Å². The number of hydrogen-bond donors (Lipinski definition) is 1. The molecule has 1 aliphatic carbocycles. The lowest BCUT2D eigenvalue weighted by atomic mass is 9.76. The molecular formula is C19H14ClNO. The summed E-state index contributed by atoms with van der Waals surface area (Å²) >= 11 is 6.64. The Hall–Kier alpha value is -2.19. The van der Waals surface area contributed by atoms with Crippen LogP contribution in [0.2, 0.25) is 5.02 Å². The number of aromatic nitrogens is 1. The number of fused-ring (bicyclic) bond motifs is 7. The Kier molecular flexibility index (Phi) is 2.23. The SMILES string of the molecule is CC12C=CC=CC1Oc1c2cc(Cl)c2c1[nH]c1ccccc12. The van der Waals surface area contributed by atoms with Crippen LogP contribution in [-0.4, -0.2) is 11.1 Å². The van der Waals surface area contributed by atoms with E-state index in [1.807, 2.05) is 18.2 Å². The third-order valence-corrected chi connectivity index (χ3v) is 5.24. The summed E-state index contributed by atoms with van der Waals surface area (Å²) in [5.74, 6) is 0.930. The quantitative estimate of drug-likeness (QED) is 0.612. The van der Waals surface area contributed by atoms with E-state index < -0.39 is 0 Å². The Morgan fingerprint density at radius 1 is 1.23 bits per heavy atom. The molecule has 2 aliphatic rings. The minimum atomic E-state index is -0.154. The third kappa shape index (κ3) is 1.36. The van der Waals surface area contributed by atoms with Gasteiger partial charge >= 0.3 is 0 Å². The largest absolute Gasteiger partial charge is 0.483 e. The summed E-state index contributed by atoms with van der Waals surface area (Å²) < 4.78 is 6.28. The lowest BCUT2D eigenvalue weighted by Crippen LogP contribution is -2.32. The molecule has 2 heterocycles. The second-order valence-corrected chi connectivity index (χ2v) is 6.63. The minimum Gasteiger partial charge on any atom is -0.483 e. The summed E-state index contributed by atoms with van der Waals surface area (Å²) in [6.45, 7) is 2.20. The van der Waals surface area contributed by atoms with Gasteiger partial charge in [0.05, 0.1) is 16.0 Å². The average Bonchev–Trinajstić information content (AvgIpc) is 3.04. The Bertz CT molecular complexity index is 998. The molecule has 0 bridgehead atoms. The van der Waals surface area contributed by atoms with Crippen molar-refractivity contribution in [1.29, 1.82) is 0 Å². The standard InChI is InChI=1S/C19H14ClNO/c1-19-9-5-4-8-15(19)22-18-12(19)10-13(20)16-11-6-2-3-7-14(11)21-17(16)18/h2-10,15,21H,1H3. The molecule has 1 N–H and O–H groups in total. The molecule has 0 spiro atoms. The van der Waals surface area contributed by atoms with E-state index in [0.29, 0.717) is 0 Å². The second kappa shape index (κ2) is 3.96. The molecular weight excluding hydrogens is 294 g/mol. The lowest BCUT2D eigenvalue weighted by molar-refractivity contribution is 0.229. The number of hydrogen-bond acceptors (Lipinski definition) is 1. The predicted octanol–water partition coefficient (Wildman–Crippen LogP) is 5.12. The van der Waals surface area contributed by atoms with Crippen LogP contribution in [0.4, 0.5) is 0 Å². The van der Waals surface area contributed by atoms with Crippen LogP contribution in [0, 0.1) is 0 Å². The van der Waals surface area contributed by atoms with Gasteiger partial charge < -0.3 is 9.72 Å². The number of para-hydroxylation sites is 1. The molecule has 1 aliphatic heterocycles. The van der Waals surface area contributed by atoms with Crippen LogP contribution >= 0.6 is 11.6 Å². The Labute approximate surface area is 133 Å². The lowest BCUT2D eigenvalue weighted by Gasteiger charge is -2.26. The highest BCUT2D eigenvalue weighted by atomic mass is 35.5. The molecule has 0 fully saturated rings. The third-order valence-electron chi connectivity index (χ3n) is 4.94. The van der Waals surface area contributed by atoms with Crippen LogP contribution in [-0.2, 0) is 5.41 Å². The maximum atomic E-state index is 6.64. The van der Waals surface area contributed by atoms with Gasteiger partial charge in [0.25, 0.3) is 0 Å². The molecule has 5 rings (SSSR count). The molecule has 1 aromatic heterocycles. The van der Waals surface area contributed by atoms with Crippen molar-refractivity contribution in [3.63, 3.8) is 0 Å². The first-order valence-corrected chi connectivity index (χ1v) is 7.82. The maximum Gasteiger partial charge on any atom is 0.148 e. The average molecular weight is 308 g/mol. The van der Waals surface area contributed by atoms with Crippen molar-refractivity contribution >= 4 is 33.4 Å². The number of allylic oxidation sites excluding steroid dienone is 2. The molecule has 0 amide bonds. The van der Waals surface area contributed by atoms with Crippen LogP contribution < -0.4 is 4.74 Å². The number of benzene rings is 2. The fourth-order valence-electron chi connectivity index (χ4n) is 3.73. The van der Waals surface area contributed by atoms with Gasteiger partial charge in [-0.1, -0.05) is 48.0 Å². The van der Waals surface area contributed by atoms with Crippen LogP contribution in [0.15, 0.2) is 54.6 Å². The van der Waals surface area contributed by atoms with Gasteiger partial charge in [0, 0.05) is 21.9 Å². The van der Waals surface area contributed by atoms with Crippen LogP contribution in [0.5, 0.6) is 5.75 Å². The van der Waals surface area contributed by atoms with Crippen molar-refractivity contribution in [2.45, 2.75) is 18.4 Å². The number of halogens is 1. The van der Waals surface area contributed by atoms with Gasteiger partial charge in [-0.25, -0.2) is 0 Å². The molecule has 2 atom stereocenters. The molecule has 0 saturated carbocycles. The summed E-state index contributed by atoms with van der Waals surface area (Å²) in [7, 11) is 0. The number of nitrogens with one attached hydrogen (secondary N) is 1. The van der Waals surface area contributed by atoms with E-state index in [4.69, 9.17) is 16.3 Å². The van der Waals surface area contributed by atoms with Crippen LogP contribution in [0.3, 0.4) is 0 Å². The number of rotatable bonds is 0. The number of aromatic amines is 1. The first-order valence-electron chi connectivity index (χ1n) is 7.44. The highest BCUT2D eigenvalue weighted by molar-refractivity contribution is 6.38. The first-order chi connectivity index (χ1) is 10.7. The van der Waals surface area contributed by atoms with E-state index in [1.165, 1.54) is 0 Å². The minimum absolute atomic E-state index is 0.0283. The molecule has 2 aromatic carbocycles. The zero-order valence-corrected chi connectivity index (χ0v) is 12.8.